The van der Waals surface area contributed by atoms with Crippen LogP contribution in [0.2, 0.25) is 0 Å². The number of aryl methyl sites for hydroxylation is 1. The Balaban J connectivity index is 2.49. The summed E-state index contributed by atoms with van der Waals surface area (Å²) in [5.41, 5.74) is 3.59. The standard InChI is InChI=1S/C28H42NO2/c1-8-13-28(30)31-27-17-16-23(7)20-26(27)25(24-14-11-10-12-15-24)18-19-29(9-2,21(3)4)22(5)6/h10-12,14-17,20-22,25H,8-9,13,18-19H2,1-7H3/q+1/t25-/m1/s1. The zero-order valence-electron chi connectivity index (χ0n) is 20.7. The molecule has 0 saturated heterocycles. The van der Waals surface area contributed by atoms with Gasteiger partial charge in [-0.05, 0) is 59.6 Å². The molecule has 0 unspecified atom stereocenters. The normalized spacial score (nSPS) is 12.9. The smallest absolute Gasteiger partial charge is 0.311 e. The van der Waals surface area contributed by atoms with E-state index in [0.717, 1.165) is 36.0 Å². The van der Waals surface area contributed by atoms with Crippen LogP contribution in [0, 0.1) is 6.92 Å². The monoisotopic (exact) mass is 424 g/mol. The topological polar surface area (TPSA) is 26.3 Å². The van der Waals surface area contributed by atoms with Gasteiger partial charge in [0.2, 0.25) is 0 Å². The number of carbonyl (C=O) groups excluding carboxylic acids is 1. The zero-order chi connectivity index (χ0) is 23.0. The Labute approximate surface area is 190 Å². The van der Waals surface area contributed by atoms with Gasteiger partial charge in [0.05, 0.1) is 25.2 Å². The number of carbonyl (C=O) groups is 1. The number of hydrogen-bond acceptors (Lipinski definition) is 2. The predicted molar refractivity (Wildman–Crippen MR) is 131 cm³/mol. The first kappa shape index (κ1) is 25.1. The quantitative estimate of drug-likeness (QED) is 0.223. The van der Waals surface area contributed by atoms with Crippen LogP contribution in [0.4, 0.5) is 0 Å². The summed E-state index contributed by atoms with van der Waals surface area (Å²) in [4.78, 5) is 12.3. The molecule has 0 aromatic heterocycles. The van der Waals surface area contributed by atoms with Crippen LogP contribution in [0.1, 0.15) is 83.4 Å². The maximum absolute atomic E-state index is 12.3. The lowest BCUT2D eigenvalue weighted by atomic mass is 9.86. The van der Waals surface area contributed by atoms with E-state index in [0.29, 0.717) is 24.3 Å². The first-order valence-corrected chi connectivity index (χ1v) is 12.0. The number of rotatable bonds is 11. The van der Waals surface area contributed by atoms with Gasteiger partial charge < -0.3 is 9.22 Å². The average molecular weight is 425 g/mol. The molecule has 2 rings (SSSR count). The van der Waals surface area contributed by atoms with Crippen molar-refractivity contribution in [2.75, 3.05) is 13.1 Å². The molecular formula is C28H42NO2+. The number of ether oxygens (including phenoxy) is 1. The van der Waals surface area contributed by atoms with Crippen molar-refractivity contribution in [1.82, 2.24) is 0 Å². The van der Waals surface area contributed by atoms with Crippen LogP contribution in [0.15, 0.2) is 48.5 Å². The third-order valence-electron chi connectivity index (χ3n) is 6.90. The van der Waals surface area contributed by atoms with E-state index in [1.807, 2.05) is 19.1 Å². The van der Waals surface area contributed by atoms with Crippen molar-refractivity contribution in [3.63, 3.8) is 0 Å². The minimum Gasteiger partial charge on any atom is -0.426 e. The van der Waals surface area contributed by atoms with Crippen LogP contribution in [0.5, 0.6) is 5.75 Å². The molecule has 31 heavy (non-hydrogen) atoms. The molecule has 0 spiro atoms. The van der Waals surface area contributed by atoms with Gasteiger partial charge in [-0.15, -0.1) is 0 Å². The van der Waals surface area contributed by atoms with E-state index in [1.165, 1.54) is 11.1 Å². The van der Waals surface area contributed by atoms with Crippen LogP contribution in [0.3, 0.4) is 0 Å². The highest BCUT2D eigenvalue weighted by Gasteiger charge is 2.34. The first-order valence-electron chi connectivity index (χ1n) is 12.0. The van der Waals surface area contributed by atoms with Gasteiger partial charge in [0.1, 0.15) is 5.75 Å². The highest BCUT2D eigenvalue weighted by molar-refractivity contribution is 5.73. The van der Waals surface area contributed by atoms with Crippen LogP contribution < -0.4 is 4.74 Å². The Bertz CT molecular complexity index is 818. The lowest BCUT2D eigenvalue weighted by molar-refractivity contribution is -0.965. The van der Waals surface area contributed by atoms with Crippen molar-refractivity contribution in [3.05, 3.63) is 65.2 Å². The van der Waals surface area contributed by atoms with Gasteiger partial charge in [-0.3, -0.25) is 4.79 Å². The van der Waals surface area contributed by atoms with Gasteiger partial charge in [0.15, 0.2) is 0 Å². The molecule has 0 saturated carbocycles. The van der Waals surface area contributed by atoms with Crippen molar-refractivity contribution < 1.29 is 14.0 Å². The Morgan fingerprint density at radius 3 is 2.16 bits per heavy atom. The van der Waals surface area contributed by atoms with Crippen molar-refractivity contribution in [2.24, 2.45) is 0 Å². The molecular weight excluding hydrogens is 382 g/mol. The number of hydrogen-bond donors (Lipinski definition) is 0. The van der Waals surface area contributed by atoms with Crippen LogP contribution >= 0.6 is 0 Å². The third kappa shape index (κ3) is 6.20. The van der Waals surface area contributed by atoms with Crippen LogP contribution in [0.25, 0.3) is 0 Å². The van der Waals surface area contributed by atoms with E-state index in [4.69, 9.17) is 4.74 Å². The fourth-order valence-corrected chi connectivity index (χ4v) is 4.97. The summed E-state index contributed by atoms with van der Waals surface area (Å²) in [6.45, 7) is 18.0. The molecule has 0 aliphatic heterocycles. The number of benzene rings is 2. The molecule has 0 radical (unpaired) electrons. The van der Waals surface area contributed by atoms with E-state index in [-0.39, 0.29) is 11.9 Å². The van der Waals surface area contributed by atoms with Crippen molar-refractivity contribution >= 4 is 5.97 Å². The number of quaternary nitrogens is 1. The van der Waals surface area contributed by atoms with Gasteiger partial charge in [-0.25, -0.2) is 0 Å². The first-order chi connectivity index (χ1) is 14.7. The van der Waals surface area contributed by atoms with Gasteiger partial charge in [-0.2, -0.15) is 0 Å². The SMILES string of the molecule is CCCC(=O)Oc1ccc(C)cc1[C@H](CC[N+](CC)(C(C)C)C(C)C)c1ccccc1. The van der Waals surface area contributed by atoms with Gasteiger partial charge in [0, 0.05) is 24.3 Å². The summed E-state index contributed by atoms with van der Waals surface area (Å²) in [5.74, 6) is 0.746. The fourth-order valence-electron chi connectivity index (χ4n) is 4.97. The van der Waals surface area contributed by atoms with Crippen molar-refractivity contribution in [2.45, 2.75) is 85.7 Å². The summed E-state index contributed by atoms with van der Waals surface area (Å²) in [7, 11) is 0. The highest BCUT2D eigenvalue weighted by atomic mass is 16.5. The maximum Gasteiger partial charge on any atom is 0.311 e. The number of esters is 1. The van der Waals surface area contributed by atoms with E-state index in [9.17, 15) is 4.79 Å². The van der Waals surface area contributed by atoms with E-state index in [2.05, 4.69) is 77.9 Å². The average Bonchev–Trinajstić information content (AvgIpc) is 2.73. The molecule has 3 nitrogen and oxygen atoms in total. The molecule has 0 aliphatic carbocycles. The zero-order valence-corrected chi connectivity index (χ0v) is 20.7. The Hall–Kier alpha value is -2.13. The maximum atomic E-state index is 12.3. The van der Waals surface area contributed by atoms with Crippen molar-refractivity contribution in [1.29, 1.82) is 0 Å². The molecule has 0 fully saturated rings. The molecule has 170 valence electrons. The molecule has 0 aliphatic rings. The van der Waals surface area contributed by atoms with Gasteiger partial charge >= 0.3 is 5.97 Å². The van der Waals surface area contributed by atoms with E-state index < -0.39 is 0 Å². The van der Waals surface area contributed by atoms with Crippen LogP contribution in [-0.4, -0.2) is 35.6 Å². The third-order valence-corrected chi connectivity index (χ3v) is 6.90. The Kier molecular flexibility index (Phi) is 9.31. The van der Waals surface area contributed by atoms with Gasteiger partial charge in [-0.1, -0.05) is 55.0 Å². The van der Waals surface area contributed by atoms with Crippen molar-refractivity contribution in [3.8, 4) is 5.75 Å². The molecule has 0 amide bonds. The summed E-state index contributed by atoms with van der Waals surface area (Å²) in [6, 6.07) is 18.0. The summed E-state index contributed by atoms with van der Waals surface area (Å²) >= 11 is 0. The summed E-state index contributed by atoms with van der Waals surface area (Å²) in [6.07, 6.45) is 2.25. The van der Waals surface area contributed by atoms with Gasteiger partial charge in [0.25, 0.3) is 0 Å². The predicted octanol–water partition coefficient (Wildman–Crippen LogP) is 6.88. The minimum absolute atomic E-state index is 0.150. The Morgan fingerprint density at radius 2 is 1.61 bits per heavy atom. The second-order valence-corrected chi connectivity index (χ2v) is 9.35. The second kappa shape index (κ2) is 11.5. The molecule has 0 N–H and O–H groups in total. The molecule has 0 bridgehead atoms. The number of nitrogens with zero attached hydrogens (tertiary/aromatic N) is 1. The highest BCUT2D eigenvalue weighted by Crippen LogP contribution is 2.37. The molecule has 3 heteroatoms. The Morgan fingerprint density at radius 1 is 0.968 bits per heavy atom. The molecule has 0 heterocycles. The lowest BCUT2D eigenvalue weighted by Crippen LogP contribution is -2.58. The molecule has 2 aromatic carbocycles. The fraction of sp³-hybridized carbons (Fsp3) is 0.536. The second-order valence-electron chi connectivity index (χ2n) is 9.35. The lowest BCUT2D eigenvalue weighted by Gasteiger charge is -2.46. The summed E-state index contributed by atoms with van der Waals surface area (Å²) in [5, 5.41) is 0. The molecule has 2 aromatic rings. The minimum atomic E-state index is -0.150. The van der Waals surface area contributed by atoms with E-state index in [1.54, 1.807) is 0 Å². The van der Waals surface area contributed by atoms with Crippen LogP contribution in [-0.2, 0) is 4.79 Å². The largest absolute Gasteiger partial charge is 0.426 e. The molecule has 1 atom stereocenters. The van der Waals surface area contributed by atoms with E-state index >= 15 is 0 Å². The summed E-state index contributed by atoms with van der Waals surface area (Å²) < 4.78 is 6.94.